The standard InChI is InChI=1S/C30H56O3/c1-3-4-5-6-7-8-9-10-11-12-13-14-15-16-17-18-19-20-21-22-23-24-25-26-30(27-28-31)33-29(2)32/h10-11,18-19,30-31H,3-9,12-17,20-28H2,1-2H3/b11-10+,19-18+/t30-/m1/s1. The van der Waals surface area contributed by atoms with Crippen molar-refractivity contribution in [1.29, 1.82) is 0 Å². The quantitative estimate of drug-likeness (QED) is 0.0831. The molecule has 0 bridgehead atoms. The first-order chi connectivity index (χ1) is 16.2. The highest BCUT2D eigenvalue weighted by atomic mass is 16.5. The van der Waals surface area contributed by atoms with Gasteiger partial charge in [-0.25, -0.2) is 0 Å². The van der Waals surface area contributed by atoms with Gasteiger partial charge in [0.25, 0.3) is 0 Å². The minimum absolute atomic E-state index is 0.0843. The number of rotatable bonds is 25. The van der Waals surface area contributed by atoms with Gasteiger partial charge in [-0.3, -0.25) is 4.79 Å². The molecule has 0 aliphatic rings. The molecule has 0 aliphatic carbocycles. The topological polar surface area (TPSA) is 46.5 Å². The molecule has 194 valence electrons. The predicted molar refractivity (Wildman–Crippen MR) is 144 cm³/mol. The second kappa shape index (κ2) is 27.2. The zero-order valence-electron chi connectivity index (χ0n) is 22.2. The van der Waals surface area contributed by atoms with Crippen LogP contribution < -0.4 is 0 Å². The fourth-order valence-electron chi connectivity index (χ4n) is 4.20. The van der Waals surface area contributed by atoms with Crippen molar-refractivity contribution < 1.29 is 14.6 Å². The number of hydrogen-bond acceptors (Lipinski definition) is 3. The number of carbonyl (C=O) groups is 1. The Bertz CT molecular complexity index is 455. The molecule has 0 aliphatic heterocycles. The molecule has 0 saturated heterocycles. The van der Waals surface area contributed by atoms with Crippen LogP contribution in [0.2, 0.25) is 0 Å². The highest BCUT2D eigenvalue weighted by Crippen LogP contribution is 2.14. The number of allylic oxidation sites excluding steroid dienone is 4. The summed E-state index contributed by atoms with van der Waals surface area (Å²) in [6.07, 6.45) is 35.6. The minimum atomic E-state index is -0.244. The Hall–Kier alpha value is -1.09. The highest BCUT2D eigenvalue weighted by Gasteiger charge is 2.10. The predicted octanol–water partition coefficient (Wildman–Crippen LogP) is 9.23. The van der Waals surface area contributed by atoms with Crippen LogP contribution in [0.15, 0.2) is 24.3 Å². The molecule has 0 rings (SSSR count). The molecule has 0 radical (unpaired) electrons. The molecule has 3 nitrogen and oxygen atoms in total. The summed E-state index contributed by atoms with van der Waals surface area (Å²) in [5.74, 6) is -0.244. The van der Waals surface area contributed by atoms with E-state index in [0.717, 1.165) is 12.8 Å². The minimum Gasteiger partial charge on any atom is -0.462 e. The third-order valence-corrected chi connectivity index (χ3v) is 6.23. The molecule has 33 heavy (non-hydrogen) atoms. The van der Waals surface area contributed by atoms with Crippen molar-refractivity contribution in [3.8, 4) is 0 Å². The largest absolute Gasteiger partial charge is 0.462 e. The zero-order valence-corrected chi connectivity index (χ0v) is 22.2. The summed E-state index contributed by atoms with van der Waals surface area (Å²) < 4.78 is 5.23. The van der Waals surface area contributed by atoms with Gasteiger partial charge in [0.1, 0.15) is 6.10 Å². The second-order valence-electron chi connectivity index (χ2n) is 9.58. The van der Waals surface area contributed by atoms with Crippen LogP contribution in [0, 0.1) is 0 Å². The van der Waals surface area contributed by atoms with Crippen molar-refractivity contribution in [2.24, 2.45) is 0 Å². The third-order valence-electron chi connectivity index (χ3n) is 6.23. The van der Waals surface area contributed by atoms with Crippen molar-refractivity contribution in [2.45, 2.75) is 155 Å². The van der Waals surface area contributed by atoms with E-state index in [1.807, 2.05) is 0 Å². The van der Waals surface area contributed by atoms with Crippen molar-refractivity contribution in [2.75, 3.05) is 6.61 Å². The lowest BCUT2D eigenvalue weighted by molar-refractivity contribution is -0.147. The normalized spacial score (nSPS) is 12.7. The zero-order chi connectivity index (χ0) is 24.2. The Balaban J connectivity index is 3.31. The van der Waals surface area contributed by atoms with E-state index < -0.39 is 0 Å². The van der Waals surface area contributed by atoms with Gasteiger partial charge in [-0.15, -0.1) is 0 Å². The van der Waals surface area contributed by atoms with E-state index in [1.165, 1.54) is 122 Å². The van der Waals surface area contributed by atoms with Gasteiger partial charge in [0.05, 0.1) is 0 Å². The van der Waals surface area contributed by atoms with E-state index in [9.17, 15) is 4.79 Å². The van der Waals surface area contributed by atoms with Crippen LogP contribution in [-0.2, 0) is 9.53 Å². The van der Waals surface area contributed by atoms with Gasteiger partial charge < -0.3 is 9.84 Å². The molecule has 0 saturated carbocycles. The molecule has 0 amide bonds. The molecule has 0 fully saturated rings. The van der Waals surface area contributed by atoms with Gasteiger partial charge in [0, 0.05) is 20.0 Å². The molecule has 1 N–H and O–H groups in total. The van der Waals surface area contributed by atoms with Crippen LogP contribution in [0.3, 0.4) is 0 Å². The summed E-state index contributed by atoms with van der Waals surface area (Å²) in [7, 11) is 0. The van der Waals surface area contributed by atoms with Gasteiger partial charge in [0.2, 0.25) is 0 Å². The fraction of sp³-hybridized carbons (Fsp3) is 0.833. The van der Waals surface area contributed by atoms with Crippen LogP contribution >= 0.6 is 0 Å². The number of esters is 1. The van der Waals surface area contributed by atoms with Crippen LogP contribution in [0.1, 0.15) is 149 Å². The Morgan fingerprint density at radius 1 is 0.636 bits per heavy atom. The van der Waals surface area contributed by atoms with Crippen molar-refractivity contribution in [3.63, 3.8) is 0 Å². The Morgan fingerprint density at radius 3 is 1.42 bits per heavy atom. The molecule has 0 aromatic carbocycles. The van der Waals surface area contributed by atoms with Crippen LogP contribution in [0.4, 0.5) is 0 Å². The lowest BCUT2D eigenvalue weighted by Gasteiger charge is -2.15. The first-order valence-corrected chi connectivity index (χ1v) is 14.3. The van der Waals surface area contributed by atoms with E-state index >= 15 is 0 Å². The number of aliphatic hydroxyl groups excluding tert-OH is 1. The third kappa shape index (κ3) is 27.0. The lowest BCUT2D eigenvalue weighted by Crippen LogP contribution is -2.17. The number of ether oxygens (including phenoxy) is 1. The molecule has 3 heteroatoms. The number of unbranched alkanes of at least 4 members (excludes halogenated alkanes) is 16. The Morgan fingerprint density at radius 2 is 1.03 bits per heavy atom. The summed E-state index contributed by atoms with van der Waals surface area (Å²) in [6.45, 7) is 3.80. The average Bonchev–Trinajstić information content (AvgIpc) is 2.79. The van der Waals surface area contributed by atoms with E-state index in [0.29, 0.717) is 6.42 Å². The summed E-state index contributed by atoms with van der Waals surface area (Å²) in [5.41, 5.74) is 0. The maximum Gasteiger partial charge on any atom is 0.302 e. The number of carbonyl (C=O) groups excluding carboxylic acids is 1. The Kier molecular flexibility index (Phi) is 26.3. The van der Waals surface area contributed by atoms with Gasteiger partial charge in [-0.1, -0.05) is 95.4 Å². The number of hydrogen-bond donors (Lipinski definition) is 1. The van der Waals surface area contributed by atoms with Gasteiger partial charge in [-0.2, -0.15) is 0 Å². The monoisotopic (exact) mass is 464 g/mol. The van der Waals surface area contributed by atoms with E-state index in [1.54, 1.807) is 0 Å². The fourth-order valence-corrected chi connectivity index (χ4v) is 4.20. The highest BCUT2D eigenvalue weighted by molar-refractivity contribution is 5.66. The van der Waals surface area contributed by atoms with Crippen LogP contribution in [0.25, 0.3) is 0 Å². The molecule has 0 heterocycles. The van der Waals surface area contributed by atoms with Gasteiger partial charge >= 0.3 is 5.97 Å². The molecule has 0 unspecified atom stereocenters. The maximum absolute atomic E-state index is 11.0. The van der Waals surface area contributed by atoms with Crippen molar-refractivity contribution in [3.05, 3.63) is 24.3 Å². The van der Waals surface area contributed by atoms with Crippen molar-refractivity contribution in [1.82, 2.24) is 0 Å². The molecule has 0 aromatic heterocycles. The number of aliphatic hydroxyl groups is 1. The molecular formula is C30H56O3. The first kappa shape index (κ1) is 31.9. The second-order valence-corrected chi connectivity index (χ2v) is 9.58. The SMILES string of the molecule is CCCCCCCC/C=C/CCCCCC/C=C/CCCCCCC[C@H](CCO)OC(C)=O. The summed E-state index contributed by atoms with van der Waals surface area (Å²) in [4.78, 5) is 11.0. The van der Waals surface area contributed by atoms with Crippen LogP contribution in [-0.4, -0.2) is 23.8 Å². The van der Waals surface area contributed by atoms with Crippen molar-refractivity contribution >= 4 is 5.97 Å². The first-order valence-electron chi connectivity index (χ1n) is 14.3. The molecule has 0 aromatic rings. The molecule has 1 atom stereocenters. The van der Waals surface area contributed by atoms with Gasteiger partial charge in [-0.05, 0) is 64.2 Å². The average molecular weight is 465 g/mol. The summed E-state index contributed by atoms with van der Waals surface area (Å²) in [6, 6.07) is 0. The maximum atomic E-state index is 11.0. The van der Waals surface area contributed by atoms with E-state index in [4.69, 9.17) is 9.84 Å². The lowest BCUT2D eigenvalue weighted by atomic mass is 10.0. The molecular weight excluding hydrogens is 408 g/mol. The summed E-state index contributed by atoms with van der Waals surface area (Å²) in [5, 5.41) is 9.03. The molecule has 0 spiro atoms. The smallest absolute Gasteiger partial charge is 0.302 e. The van der Waals surface area contributed by atoms with Crippen LogP contribution in [0.5, 0.6) is 0 Å². The summed E-state index contributed by atoms with van der Waals surface area (Å²) >= 11 is 0. The van der Waals surface area contributed by atoms with E-state index in [-0.39, 0.29) is 18.7 Å². The Labute approximate surface area is 206 Å². The van der Waals surface area contributed by atoms with E-state index in [2.05, 4.69) is 31.2 Å². The van der Waals surface area contributed by atoms with Gasteiger partial charge in [0.15, 0.2) is 0 Å².